The minimum Gasteiger partial charge on any atom is -0.372 e. The molecule has 0 spiro atoms. The van der Waals surface area contributed by atoms with E-state index in [1.54, 1.807) is 0 Å². The van der Waals surface area contributed by atoms with Crippen molar-refractivity contribution in [3.05, 3.63) is 70.4 Å². The van der Waals surface area contributed by atoms with E-state index in [0.29, 0.717) is 19.5 Å². The lowest BCUT2D eigenvalue weighted by Crippen LogP contribution is -2.48. The third kappa shape index (κ3) is 4.40. The maximum Gasteiger partial charge on any atom is 0.223 e. The lowest BCUT2D eigenvalue weighted by Gasteiger charge is -2.36. The molecule has 0 saturated carbocycles. The largest absolute Gasteiger partial charge is 0.372 e. The molecule has 1 amide bonds. The van der Waals surface area contributed by atoms with Crippen LogP contribution in [0.5, 0.6) is 0 Å². The van der Waals surface area contributed by atoms with Crippen LogP contribution in [0.25, 0.3) is 10.9 Å². The molecule has 4 rings (SSSR count). The monoisotopic (exact) mass is 418 g/mol. The Kier molecular flexibility index (Phi) is 6.19. The zero-order chi connectivity index (χ0) is 22.1. The summed E-state index contributed by atoms with van der Waals surface area (Å²) in [6.07, 6.45) is 3.71. The molecule has 1 aliphatic rings. The van der Waals surface area contributed by atoms with E-state index in [4.69, 9.17) is 4.74 Å². The molecule has 1 aliphatic heterocycles. The number of hydrogen-bond donors (Lipinski definition) is 1. The Morgan fingerprint density at radius 2 is 1.87 bits per heavy atom. The van der Waals surface area contributed by atoms with Gasteiger partial charge in [-0.3, -0.25) is 4.79 Å². The third-order valence-electron chi connectivity index (χ3n) is 6.54. The average Bonchev–Trinajstić information content (AvgIpc) is 3.15. The van der Waals surface area contributed by atoms with Crippen molar-refractivity contribution < 1.29 is 9.53 Å². The first-order valence-corrected chi connectivity index (χ1v) is 11.5. The Morgan fingerprint density at radius 3 is 2.55 bits per heavy atom. The van der Waals surface area contributed by atoms with Gasteiger partial charge in [0.1, 0.15) is 0 Å². The predicted molar refractivity (Wildman–Crippen MR) is 127 cm³/mol. The number of rotatable bonds is 5. The first-order valence-electron chi connectivity index (χ1n) is 11.5. The van der Waals surface area contributed by atoms with E-state index < -0.39 is 0 Å². The van der Waals surface area contributed by atoms with E-state index in [1.165, 1.54) is 38.7 Å². The van der Waals surface area contributed by atoms with Gasteiger partial charge in [-0.1, -0.05) is 48.9 Å². The number of carbonyl (C=O) groups is 1. The molecule has 1 saturated heterocycles. The second kappa shape index (κ2) is 8.88. The Labute approximate surface area is 185 Å². The van der Waals surface area contributed by atoms with Gasteiger partial charge < -0.3 is 14.6 Å². The molecule has 1 N–H and O–H groups in total. The summed E-state index contributed by atoms with van der Waals surface area (Å²) in [5.41, 5.74) is 7.43. The van der Waals surface area contributed by atoms with E-state index in [-0.39, 0.29) is 24.0 Å². The number of nitrogens with one attached hydrogen (secondary N) is 1. The zero-order valence-electron chi connectivity index (χ0n) is 19.4. The van der Waals surface area contributed by atoms with Crippen molar-refractivity contribution in [2.24, 2.45) is 0 Å². The number of H-pyrrole nitrogens is 1. The number of fused-ring (bicyclic) bond motifs is 1. The summed E-state index contributed by atoms with van der Waals surface area (Å²) in [7, 11) is 0. The van der Waals surface area contributed by atoms with E-state index in [2.05, 4.69) is 68.4 Å². The van der Waals surface area contributed by atoms with Crippen LogP contribution in [0.2, 0.25) is 0 Å². The highest BCUT2D eigenvalue weighted by Crippen LogP contribution is 2.37. The molecule has 4 nitrogen and oxygen atoms in total. The number of benzene rings is 2. The quantitative estimate of drug-likeness (QED) is 0.594. The van der Waals surface area contributed by atoms with Gasteiger partial charge in [0.15, 0.2) is 0 Å². The van der Waals surface area contributed by atoms with Crippen LogP contribution in [0.15, 0.2) is 42.6 Å². The Hall–Kier alpha value is -2.59. The van der Waals surface area contributed by atoms with Crippen molar-refractivity contribution in [2.45, 2.75) is 65.6 Å². The van der Waals surface area contributed by atoms with Crippen molar-refractivity contribution in [3.8, 4) is 0 Å². The number of para-hydroxylation sites is 1. The summed E-state index contributed by atoms with van der Waals surface area (Å²) in [4.78, 5) is 19.0. The van der Waals surface area contributed by atoms with Crippen LogP contribution in [0.1, 0.15) is 60.9 Å². The lowest BCUT2D eigenvalue weighted by molar-refractivity contribution is -0.143. The highest BCUT2D eigenvalue weighted by atomic mass is 16.5. The molecule has 2 heterocycles. The number of aryl methyl sites for hydroxylation is 3. The van der Waals surface area contributed by atoms with E-state index in [1.807, 2.05) is 18.7 Å². The van der Waals surface area contributed by atoms with Crippen molar-refractivity contribution in [3.63, 3.8) is 0 Å². The Balaban J connectivity index is 1.75. The summed E-state index contributed by atoms with van der Waals surface area (Å²) in [6.45, 7) is 11.9. The second-order valence-electron chi connectivity index (χ2n) is 9.11. The minimum absolute atomic E-state index is 0.0161. The first kappa shape index (κ1) is 21.6. The maximum atomic E-state index is 13.5. The first-order chi connectivity index (χ1) is 14.9. The van der Waals surface area contributed by atoms with Crippen LogP contribution in [-0.2, 0) is 16.0 Å². The summed E-state index contributed by atoms with van der Waals surface area (Å²) >= 11 is 0. The summed E-state index contributed by atoms with van der Waals surface area (Å²) in [5.74, 6) is 0.218. The number of nitrogens with zero attached hydrogens (tertiary/aromatic N) is 1. The molecule has 164 valence electrons. The van der Waals surface area contributed by atoms with Crippen LogP contribution in [-0.4, -0.2) is 41.1 Å². The van der Waals surface area contributed by atoms with Crippen LogP contribution >= 0.6 is 0 Å². The predicted octanol–water partition coefficient (Wildman–Crippen LogP) is 5.50. The number of ether oxygens (including phenoxy) is 1. The lowest BCUT2D eigenvalue weighted by atomic mass is 9.84. The van der Waals surface area contributed by atoms with Crippen LogP contribution in [0.4, 0.5) is 0 Å². The van der Waals surface area contributed by atoms with Crippen molar-refractivity contribution in [2.75, 3.05) is 13.1 Å². The summed E-state index contributed by atoms with van der Waals surface area (Å²) < 4.78 is 5.84. The normalized spacial score (nSPS) is 20.2. The van der Waals surface area contributed by atoms with Crippen molar-refractivity contribution >= 4 is 16.8 Å². The van der Waals surface area contributed by atoms with Gasteiger partial charge in [-0.15, -0.1) is 0 Å². The molecular formula is C27H34N2O2. The van der Waals surface area contributed by atoms with Gasteiger partial charge in [-0.25, -0.2) is 0 Å². The van der Waals surface area contributed by atoms with Gasteiger partial charge in [0, 0.05) is 42.5 Å². The molecule has 0 aliphatic carbocycles. The summed E-state index contributed by atoms with van der Waals surface area (Å²) in [6, 6.07) is 13.1. The highest BCUT2D eigenvalue weighted by molar-refractivity contribution is 5.88. The number of carbonyl (C=O) groups excluding carboxylic acids is 1. The molecule has 1 fully saturated rings. The fourth-order valence-corrected chi connectivity index (χ4v) is 5.11. The number of morpholine rings is 1. The molecule has 4 heteroatoms. The second-order valence-corrected chi connectivity index (χ2v) is 9.11. The molecule has 3 atom stereocenters. The Morgan fingerprint density at radius 1 is 1.13 bits per heavy atom. The fraction of sp³-hybridized carbons (Fsp3) is 0.444. The molecular weight excluding hydrogens is 384 g/mol. The highest BCUT2D eigenvalue weighted by Gasteiger charge is 2.30. The van der Waals surface area contributed by atoms with Crippen LogP contribution < -0.4 is 0 Å². The maximum absolute atomic E-state index is 13.5. The average molecular weight is 419 g/mol. The molecule has 0 bridgehead atoms. The van der Waals surface area contributed by atoms with Crippen LogP contribution in [0.3, 0.4) is 0 Å². The van der Waals surface area contributed by atoms with E-state index in [0.717, 1.165) is 6.42 Å². The molecule has 1 aromatic heterocycles. The topological polar surface area (TPSA) is 45.3 Å². The number of hydrogen-bond acceptors (Lipinski definition) is 2. The molecule has 2 aromatic carbocycles. The van der Waals surface area contributed by atoms with Gasteiger partial charge in [0.25, 0.3) is 0 Å². The zero-order valence-corrected chi connectivity index (χ0v) is 19.4. The van der Waals surface area contributed by atoms with Gasteiger partial charge in [-0.2, -0.15) is 0 Å². The third-order valence-corrected chi connectivity index (χ3v) is 6.54. The number of aromatic nitrogens is 1. The smallest absolute Gasteiger partial charge is 0.223 e. The Bertz CT molecular complexity index is 1070. The van der Waals surface area contributed by atoms with Gasteiger partial charge in [0.05, 0.1) is 12.2 Å². The van der Waals surface area contributed by atoms with E-state index in [9.17, 15) is 4.79 Å². The standard InChI is InChI=1S/C27H34N2O2/c1-6-21-8-7-9-23-25(14-28-27(21)23)24(22-11-10-17(2)12-18(22)3)13-26(30)29-15-19(4)31-20(5)16-29/h7-12,14,19-20,24,28H,6,13,15-16H2,1-5H3. The molecule has 3 aromatic rings. The summed E-state index contributed by atoms with van der Waals surface area (Å²) in [5, 5.41) is 1.22. The molecule has 0 radical (unpaired) electrons. The fourth-order valence-electron chi connectivity index (χ4n) is 5.11. The SMILES string of the molecule is CCc1cccc2c(C(CC(=O)N3CC(C)OC(C)C3)c3ccc(C)cc3C)c[nH]c12. The minimum atomic E-state index is 0.0161. The van der Waals surface area contributed by atoms with Gasteiger partial charge >= 0.3 is 0 Å². The van der Waals surface area contributed by atoms with Crippen molar-refractivity contribution in [1.29, 1.82) is 0 Å². The van der Waals surface area contributed by atoms with Crippen LogP contribution in [0, 0.1) is 13.8 Å². The number of amides is 1. The van der Waals surface area contributed by atoms with E-state index >= 15 is 0 Å². The van der Waals surface area contributed by atoms with Crippen molar-refractivity contribution in [1.82, 2.24) is 9.88 Å². The van der Waals surface area contributed by atoms with Gasteiger partial charge in [-0.05, 0) is 56.4 Å². The molecule has 31 heavy (non-hydrogen) atoms. The number of aromatic amines is 1. The van der Waals surface area contributed by atoms with Gasteiger partial charge in [0.2, 0.25) is 5.91 Å². The molecule has 3 unspecified atom stereocenters.